The fourth-order valence-corrected chi connectivity index (χ4v) is 1.51. The molecule has 0 aliphatic rings. The van der Waals surface area contributed by atoms with Crippen molar-refractivity contribution in [2.75, 3.05) is 0 Å². The Bertz CT molecular complexity index is 537. The van der Waals surface area contributed by atoms with Crippen molar-refractivity contribution >= 4 is 11.6 Å². The van der Waals surface area contributed by atoms with Gasteiger partial charge in [-0.2, -0.15) is 10.4 Å². The Kier molecular flexibility index (Phi) is 2.44. The number of nitriles is 1. The van der Waals surface area contributed by atoms with Crippen molar-refractivity contribution < 1.29 is 0 Å². The van der Waals surface area contributed by atoms with Gasteiger partial charge < -0.3 is 0 Å². The van der Waals surface area contributed by atoms with Crippen molar-refractivity contribution in [1.82, 2.24) is 9.78 Å². The van der Waals surface area contributed by atoms with Crippen LogP contribution in [0.3, 0.4) is 0 Å². The van der Waals surface area contributed by atoms with Crippen molar-refractivity contribution in [3.63, 3.8) is 0 Å². The number of halogens is 1. The van der Waals surface area contributed by atoms with Gasteiger partial charge in [0.15, 0.2) is 0 Å². The van der Waals surface area contributed by atoms with Gasteiger partial charge in [-0.3, -0.25) is 0 Å². The summed E-state index contributed by atoms with van der Waals surface area (Å²) in [6.07, 6.45) is 1.70. The summed E-state index contributed by atoms with van der Waals surface area (Å²) in [5, 5.41) is 13.7. The molecule has 0 bridgehead atoms. The minimum atomic E-state index is 0.579. The molecule has 15 heavy (non-hydrogen) atoms. The zero-order chi connectivity index (χ0) is 10.8. The van der Waals surface area contributed by atoms with E-state index >= 15 is 0 Å². The van der Waals surface area contributed by atoms with E-state index in [4.69, 9.17) is 16.9 Å². The summed E-state index contributed by atoms with van der Waals surface area (Å²) < 4.78 is 1.65. The molecule has 0 fully saturated rings. The standard InChI is InChI=1S/C11H8ClN3/c1-8-9(6-13)7-15(14-8)11-4-2-3-10(12)5-11/h2-5,7H,1H3. The zero-order valence-electron chi connectivity index (χ0n) is 8.11. The van der Waals surface area contributed by atoms with Gasteiger partial charge in [0.1, 0.15) is 6.07 Å². The van der Waals surface area contributed by atoms with Crippen LogP contribution in [-0.4, -0.2) is 9.78 Å². The van der Waals surface area contributed by atoms with Gasteiger partial charge in [-0.1, -0.05) is 17.7 Å². The lowest BCUT2D eigenvalue weighted by atomic mass is 10.3. The smallest absolute Gasteiger partial charge is 0.103 e. The first-order chi connectivity index (χ1) is 7.20. The van der Waals surface area contributed by atoms with E-state index in [0.717, 1.165) is 11.4 Å². The highest BCUT2D eigenvalue weighted by Gasteiger charge is 2.05. The predicted molar refractivity (Wildman–Crippen MR) is 58.0 cm³/mol. The summed E-state index contributed by atoms with van der Waals surface area (Å²) >= 11 is 5.87. The Labute approximate surface area is 92.5 Å². The van der Waals surface area contributed by atoms with Crippen molar-refractivity contribution in [3.05, 3.63) is 46.7 Å². The maximum Gasteiger partial charge on any atom is 0.103 e. The molecule has 2 aromatic rings. The molecule has 4 heteroatoms. The van der Waals surface area contributed by atoms with Crippen molar-refractivity contribution in [2.24, 2.45) is 0 Å². The van der Waals surface area contributed by atoms with Crippen LogP contribution in [0.25, 0.3) is 5.69 Å². The molecule has 1 aromatic heterocycles. The van der Waals surface area contributed by atoms with Crippen LogP contribution in [0.5, 0.6) is 0 Å². The molecule has 0 aliphatic heterocycles. The maximum absolute atomic E-state index is 8.80. The molecule has 0 unspecified atom stereocenters. The lowest BCUT2D eigenvalue weighted by Crippen LogP contribution is -1.94. The average Bonchev–Trinajstić information content (AvgIpc) is 2.60. The van der Waals surface area contributed by atoms with Crippen LogP contribution in [0.15, 0.2) is 30.5 Å². The SMILES string of the molecule is Cc1nn(-c2cccc(Cl)c2)cc1C#N. The number of rotatable bonds is 1. The van der Waals surface area contributed by atoms with Gasteiger partial charge in [0.2, 0.25) is 0 Å². The first-order valence-corrected chi connectivity index (χ1v) is 4.81. The fraction of sp³-hybridized carbons (Fsp3) is 0.0909. The van der Waals surface area contributed by atoms with E-state index in [1.807, 2.05) is 12.1 Å². The summed E-state index contributed by atoms with van der Waals surface area (Å²) in [5.74, 6) is 0. The van der Waals surface area contributed by atoms with Crippen LogP contribution in [0.4, 0.5) is 0 Å². The number of hydrogen-bond acceptors (Lipinski definition) is 2. The predicted octanol–water partition coefficient (Wildman–Crippen LogP) is 2.71. The Morgan fingerprint density at radius 3 is 2.87 bits per heavy atom. The molecule has 0 aliphatic carbocycles. The van der Waals surface area contributed by atoms with Crippen LogP contribution in [0, 0.1) is 18.3 Å². The highest BCUT2D eigenvalue weighted by Crippen LogP contribution is 2.15. The van der Waals surface area contributed by atoms with E-state index < -0.39 is 0 Å². The molecule has 2 rings (SSSR count). The Morgan fingerprint density at radius 1 is 1.47 bits per heavy atom. The molecule has 74 valence electrons. The lowest BCUT2D eigenvalue weighted by Gasteiger charge is -2.00. The summed E-state index contributed by atoms with van der Waals surface area (Å²) in [7, 11) is 0. The molecule has 0 saturated carbocycles. The molecule has 0 N–H and O–H groups in total. The van der Waals surface area contributed by atoms with Crippen LogP contribution in [-0.2, 0) is 0 Å². The molecule has 0 spiro atoms. The van der Waals surface area contributed by atoms with Crippen LogP contribution in [0.2, 0.25) is 5.02 Å². The first-order valence-electron chi connectivity index (χ1n) is 4.43. The highest BCUT2D eigenvalue weighted by molar-refractivity contribution is 6.30. The summed E-state index contributed by atoms with van der Waals surface area (Å²) in [5.41, 5.74) is 2.15. The van der Waals surface area contributed by atoms with Gasteiger partial charge >= 0.3 is 0 Å². The molecule has 0 amide bonds. The van der Waals surface area contributed by atoms with Gasteiger partial charge in [0.05, 0.1) is 16.9 Å². The molecule has 0 atom stereocenters. The van der Waals surface area contributed by atoms with E-state index in [1.54, 1.807) is 29.9 Å². The molecular weight excluding hydrogens is 210 g/mol. The van der Waals surface area contributed by atoms with Crippen molar-refractivity contribution in [3.8, 4) is 11.8 Å². The van der Waals surface area contributed by atoms with Gasteiger partial charge in [-0.05, 0) is 25.1 Å². The first kappa shape index (κ1) is 9.75. The minimum absolute atomic E-state index is 0.579. The summed E-state index contributed by atoms with van der Waals surface area (Å²) in [6, 6.07) is 9.42. The van der Waals surface area contributed by atoms with Gasteiger partial charge in [-0.25, -0.2) is 4.68 Å². The fourth-order valence-electron chi connectivity index (χ4n) is 1.32. The van der Waals surface area contributed by atoms with Crippen molar-refractivity contribution in [2.45, 2.75) is 6.92 Å². The third kappa shape index (κ3) is 1.85. The Balaban J connectivity index is 2.51. The van der Waals surface area contributed by atoms with E-state index in [1.165, 1.54) is 0 Å². The molecule has 3 nitrogen and oxygen atoms in total. The Morgan fingerprint density at radius 2 is 2.27 bits per heavy atom. The third-order valence-electron chi connectivity index (χ3n) is 2.09. The van der Waals surface area contributed by atoms with Gasteiger partial charge in [0.25, 0.3) is 0 Å². The van der Waals surface area contributed by atoms with Gasteiger partial charge in [-0.15, -0.1) is 0 Å². The quantitative estimate of drug-likeness (QED) is 0.737. The Hall–Kier alpha value is -1.79. The van der Waals surface area contributed by atoms with Crippen LogP contribution >= 0.6 is 11.6 Å². The highest BCUT2D eigenvalue weighted by atomic mass is 35.5. The molecule has 0 radical (unpaired) electrons. The maximum atomic E-state index is 8.80. The monoisotopic (exact) mass is 217 g/mol. The van der Waals surface area contributed by atoms with E-state index in [0.29, 0.717) is 10.6 Å². The number of benzene rings is 1. The number of aryl methyl sites for hydroxylation is 1. The second-order valence-electron chi connectivity index (χ2n) is 3.16. The van der Waals surface area contributed by atoms with Crippen LogP contribution < -0.4 is 0 Å². The largest absolute Gasteiger partial charge is 0.239 e. The number of hydrogen-bond donors (Lipinski definition) is 0. The second-order valence-corrected chi connectivity index (χ2v) is 3.60. The lowest BCUT2D eigenvalue weighted by molar-refractivity contribution is 0.863. The molecule has 0 saturated heterocycles. The molecule has 1 aromatic carbocycles. The zero-order valence-corrected chi connectivity index (χ0v) is 8.86. The molecular formula is C11H8ClN3. The normalized spacial score (nSPS) is 9.93. The number of nitrogens with zero attached hydrogens (tertiary/aromatic N) is 3. The van der Waals surface area contributed by atoms with Crippen molar-refractivity contribution in [1.29, 1.82) is 5.26 Å². The van der Waals surface area contributed by atoms with E-state index in [2.05, 4.69) is 11.2 Å². The van der Waals surface area contributed by atoms with Gasteiger partial charge in [0, 0.05) is 11.2 Å². The molecule has 1 heterocycles. The van der Waals surface area contributed by atoms with E-state index in [-0.39, 0.29) is 0 Å². The third-order valence-corrected chi connectivity index (χ3v) is 2.33. The topological polar surface area (TPSA) is 41.6 Å². The van der Waals surface area contributed by atoms with Crippen LogP contribution in [0.1, 0.15) is 11.3 Å². The van der Waals surface area contributed by atoms with E-state index in [9.17, 15) is 0 Å². The second kappa shape index (κ2) is 3.76. The summed E-state index contributed by atoms with van der Waals surface area (Å²) in [4.78, 5) is 0. The number of aromatic nitrogens is 2. The summed E-state index contributed by atoms with van der Waals surface area (Å²) in [6.45, 7) is 1.81. The minimum Gasteiger partial charge on any atom is -0.239 e. The average molecular weight is 218 g/mol.